The zero-order valence-electron chi connectivity index (χ0n) is 8.90. The highest BCUT2D eigenvalue weighted by Gasteiger charge is 2.53. The van der Waals surface area contributed by atoms with Crippen LogP contribution in [0.1, 0.15) is 12.8 Å². The molecule has 0 saturated carbocycles. The molecule has 0 aromatic rings. The van der Waals surface area contributed by atoms with Crippen molar-refractivity contribution in [3.63, 3.8) is 0 Å². The van der Waals surface area contributed by atoms with Gasteiger partial charge in [0.05, 0.1) is 13.2 Å². The number of ether oxygens (including phenoxy) is 2. The maximum Gasteiger partial charge on any atom is 0.324 e. The van der Waals surface area contributed by atoms with E-state index in [1.54, 1.807) is 0 Å². The van der Waals surface area contributed by atoms with Gasteiger partial charge in [0.2, 0.25) is 5.91 Å². The Kier molecular flexibility index (Phi) is 3.11. The van der Waals surface area contributed by atoms with E-state index in [0.29, 0.717) is 13.2 Å². The third kappa shape index (κ3) is 1.90. The van der Waals surface area contributed by atoms with Gasteiger partial charge in [-0.15, -0.1) is 0 Å². The van der Waals surface area contributed by atoms with Crippen molar-refractivity contribution in [3.8, 4) is 0 Å². The number of amides is 1. The SMILES string of the molecule is O=C(O)C1(C(=O)NC2CCOCC2)COC1. The highest BCUT2D eigenvalue weighted by atomic mass is 16.5. The number of carbonyl (C=O) groups is 2. The van der Waals surface area contributed by atoms with Crippen LogP contribution in [0, 0.1) is 5.41 Å². The first kappa shape index (κ1) is 11.3. The van der Waals surface area contributed by atoms with Gasteiger partial charge in [-0.1, -0.05) is 0 Å². The molecule has 2 aliphatic rings. The number of aliphatic carboxylic acids is 1. The third-order valence-electron chi connectivity index (χ3n) is 3.10. The Hall–Kier alpha value is -1.14. The van der Waals surface area contributed by atoms with Gasteiger partial charge in [-0.05, 0) is 12.8 Å². The van der Waals surface area contributed by atoms with Crippen molar-refractivity contribution in [2.24, 2.45) is 5.41 Å². The third-order valence-corrected chi connectivity index (χ3v) is 3.10. The van der Waals surface area contributed by atoms with E-state index in [9.17, 15) is 9.59 Å². The summed E-state index contributed by atoms with van der Waals surface area (Å²) in [4.78, 5) is 22.9. The van der Waals surface area contributed by atoms with Crippen molar-refractivity contribution in [1.29, 1.82) is 0 Å². The molecule has 6 heteroatoms. The highest BCUT2D eigenvalue weighted by molar-refractivity contribution is 6.03. The normalized spacial score (nSPS) is 24.5. The predicted octanol–water partition coefficient (Wildman–Crippen LogP) is -0.617. The number of carboxylic acid groups (broad SMARTS) is 1. The highest BCUT2D eigenvalue weighted by Crippen LogP contribution is 2.28. The van der Waals surface area contributed by atoms with Crippen molar-refractivity contribution in [3.05, 3.63) is 0 Å². The minimum absolute atomic E-state index is 0.0260. The minimum Gasteiger partial charge on any atom is -0.480 e. The van der Waals surface area contributed by atoms with E-state index in [-0.39, 0.29) is 19.3 Å². The van der Waals surface area contributed by atoms with E-state index in [0.717, 1.165) is 12.8 Å². The van der Waals surface area contributed by atoms with E-state index in [1.807, 2.05) is 0 Å². The summed E-state index contributed by atoms with van der Waals surface area (Å²) in [5, 5.41) is 11.8. The molecule has 2 fully saturated rings. The minimum atomic E-state index is -1.36. The Balaban J connectivity index is 1.93. The number of carbonyl (C=O) groups excluding carboxylic acids is 1. The monoisotopic (exact) mass is 229 g/mol. The molecule has 0 atom stereocenters. The second-order valence-electron chi connectivity index (χ2n) is 4.24. The largest absolute Gasteiger partial charge is 0.480 e. The average molecular weight is 229 g/mol. The molecule has 16 heavy (non-hydrogen) atoms. The van der Waals surface area contributed by atoms with E-state index in [4.69, 9.17) is 14.6 Å². The lowest BCUT2D eigenvalue weighted by atomic mass is 9.84. The zero-order valence-corrected chi connectivity index (χ0v) is 8.90. The van der Waals surface area contributed by atoms with E-state index >= 15 is 0 Å². The van der Waals surface area contributed by atoms with Gasteiger partial charge >= 0.3 is 5.97 Å². The molecule has 90 valence electrons. The molecule has 0 radical (unpaired) electrons. The lowest BCUT2D eigenvalue weighted by molar-refractivity contribution is -0.185. The second kappa shape index (κ2) is 4.39. The van der Waals surface area contributed by atoms with Gasteiger partial charge < -0.3 is 19.9 Å². The summed E-state index contributed by atoms with van der Waals surface area (Å²) in [6.45, 7) is 1.16. The van der Waals surface area contributed by atoms with Crippen molar-refractivity contribution < 1.29 is 24.2 Å². The molecule has 2 heterocycles. The molecule has 2 aliphatic heterocycles. The molecule has 0 bridgehead atoms. The fraction of sp³-hybridized carbons (Fsp3) is 0.800. The van der Waals surface area contributed by atoms with E-state index in [2.05, 4.69) is 5.32 Å². The maximum atomic E-state index is 11.8. The average Bonchev–Trinajstić information content (AvgIpc) is 2.16. The van der Waals surface area contributed by atoms with Crippen molar-refractivity contribution in [2.45, 2.75) is 18.9 Å². The quantitative estimate of drug-likeness (QED) is 0.630. The molecule has 0 aliphatic carbocycles. The van der Waals surface area contributed by atoms with Crippen LogP contribution in [0.2, 0.25) is 0 Å². The summed E-state index contributed by atoms with van der Waals surface area (Å²) in [7, 11) is 0. The second-order valence-corrected chi connectivity index (χ2v) is 4.24. The zero-order chi connectivity index (χ0) is 11.6. The van der Waals surface area contributed by atoms with Gasteiger partial charge in [0.1, 0.15) is 0 Å². The summed E-state index contributed by atoms with van der Waals surface area (Å²) >= 11 is 0. The van der Waals surface area contributed by atoms with Crippen molar-refractivity contribution in [2.75, 3.05) is 26.4 Å². The fourth-order valence-corrected chi connectivity index (χ4v) is 1.82. The molecule has 6 nitrogen and oxygen atoms in total. The van der Waals surface area contributed by atoms with Crippen molar-refractivity contribution in [1.82, 2.24) is 5.32 Å². The molecule has 0 aromatic carbocycles. The topological polar surface area (TPSA) is 84.9 Å². The van der Waals surface area contributed by atoms with Gasteiger partial charge in [-0.3, -0.25) is 9.59 Å². The van der Waals surface area contributed by atoms with Crippen molar-refractivity contribution >= 4 is 11.9 Å². The Morgan fingerprint density at radius 3 is 2.25 bits per heavy atom. The summed E-state index contributed by atoms with van der Waals surface area (Å²) in [6, 6.07) is 0.0260. The Morgan fingerprint density at radius 1 is 1.19 bits per heavy atom. The number of nitrogens with one attached hydrogen (secondary N) is 1. The van der Waals surface area contributed by atoms with Crippen LogP contribution in [0.15, 0.2) is 0 Å². The van der Waals surface area contributed by atoms with Crippen LogP contribution in [-0.2, 0) is 19.1 Å². The Labute approximate surface area is 92.9 Å². The first-order chi connectivity index (χ1) is 7.65. The molecule has 1 amide bonds. The van der Waals surface area contributed by atoms with Gasteiger partial charge in [-0.2, -0.15) is 0 Å². The van der Waals surface area contributed by atoms with Crippen LogP contribution in [0.25, 0.3) is 0 Å². The first-order valence-corrected chi connectivity index (χ1v) is 5.35. The summed E-state index contributed by atoms with van der Waals surface area (Å²) < 4.78 is 10.0. The van der Waals surface area contributed by atoms with Crippen LogP contribution >= 0.6 is 0 Å². The first-order valence-electron chi connectivity index (χ1n) is 5.35. The molecular formula is C10H15NO5. The molecule has 2 rings (SSSR count). The lowest BCUT2D eigenvalue weighted by Gasteiger charge is -2.37. The van der Waals surface area contributed by atoms with Crippen LogP contribution in [0.5, 0.6) is 0 Å². The van der Waals surface area contributed by atoms with Gasteiger partial charge in [0.25, 0.3) is 0 Å². The Morgan fingerprint density at radius 2 is 1.81 bits per heavy atom. The molecule has 0 aromatic heterocycles. The van der Waals surface area contributed by atoms with Gasteiger partial charge in [0, 0.05) is 19.3 Å². The molecule has 0 unspecified atom stereocenters. The summed E-state index contributed by atoms with van der Waals surface area (Å²) in [5.74, 6) is -1.54. The van der Waals surface area contributed by atoms with Crippen LogP contribution in [0.3, 0.4) is 0 Å². The van der Waals surface area contributed by atoms with Crippen LogP contribution < -0.4 is 5.32 Å². The molecule has 2 N–H and O–H groups in total. The summed E-state index contributed by atoms with van der Waals surface area (Å²) in [5.41, 5.74) is -1.36. The smallest absolute Gasteiger partial charge is 0.324 e. The van der Waals surface area contributed by atoms with E-state index in [1.165, 1.54) is 0 Å². The van der Waals surface area contributed by atoms with Gasteiger partial charge in [0.15, 0.2) is 5.41 Å². The standard InChI is InChI=1S/C10H15NO5/c12-8(10(9(13)14)5-16-6-10)11-7-1-3-15-4-2-7/h7H,1-6H2,(H,11,12)(H,13,14). The number of rotatable bonds is 3. The number of hydrogen-bond donors (Lipinski definition) is 2. The number of carboxylic acids is 1. The van der Waals surface area contributed by atoms with Crippen LogP contribution in [0.4, 0.5) is 0 Å². The Bertz CT molecular complexity index is 294. The molecular weight excluding hydrogens is 214 g/mol. The molecule has 2 saturated heterocycles. The fourth-order valence-electron chi connectivity index (χ4n) is 1.82. The van der Waals surface area contributed by atoms with E-state index < -0.39 is 17.3 Å². The molecule has 0 spiro atoms. The predicted molar refractivity (Wildman–Crippen MR) is 52.9 cm³/mol. The summed E-state index contributed by atoms with van der Waals surface area (Å²) in [6.07, 6.45) is 1.48. The van der Waals surface area contributed by atoms with Gasteiger partial charge in [-0.25, -0.2) is 0 Å². The maximum absolute atomic E-state index is 11.8. The lowest BCUT2D eigenvalue weighted by Crippen LogP contribution is -2.60. The number of hydrogen-bond acceptors (Lipinski definition) is 4. The van der Waals surface area contributed by atoms with Crippen LogP contribution in [-0.4, -0.2) is 49.5 Å².